The van der Waals surface area contributed by atoms with E-state index in [2.05, 4.69) is 15.9 Å². The molecule has 0 aliphatic heterocycles. The summed E-state index contributed by atoms with van der Waals surface area (Å²) >= 11 is 3.31. The van der Waals surface area contributed by atoms with Crippen LogP contribution >= 0.6 is 15.9 Å². The molecule has 0 saturated carbocycles. The first-order valence-corrected chi connectivity index (χ1v) is 7.72. The summed E-state index contributed by atoms with van der Waals surface area (Å²) in [7, 11) is 0. The molecular weight excluding hydrogens is 316 g/mol. The van der Waals surface area contributed by atoms with Gasteiger partial charge < -0.3 is 4.74 Å². The fourth-order valence-corrected chi connectivity index (χ4v) is 2.18. The molecule has 2 nitrogen and oxygen atoms in total. The van der Waals surface area contributed by atoms with Gasteiger partial charge in [0.1, 0.15) is 5.75 Å². The van der Waals surface area contributed by atoms with Gasteiger partial charge in [0.15, 0.2) is 5.78 Å². The number of Topliss-reactive ketones (excluding diaryl/α,β-unsaturated/α-hetero) is 1. The lowest BCUT2D eigenvalue weighted by Crippen LogP contribution is -2.09. The molecule has 0 bridgehead atoms. The summed E-state index contributed by atoms with van der Waals surface area (Å²) in [6.07, 6.45) is 0. The molecule has 2 rings (SSSR count). The van der Waals surface area contributed by atoms with Gasteiger partial charge in [0.05, 0.1) is 6.61 Å². The summed E-state index contributed by atoms with van der Waals surface area (Å²) in [5.74, 6) is 0.780. The van der Waals surface area contributed by atoms with Gasteiger partial charge in [-0.05, 0) is 29.8 Å². The van der Waals surface area contributed by atoms with Crippen molar-refractivity contribution in [1.29, 1.82) is 0 Å². The summed E-state index contributed by atoms with van der Waals surface area (Å²) in [6, 6.07) is 17.2. The average molecular weight is 333 g/mol. The van der Waals surface area contributed by atoms with E-state index in [4.69, 9.17) is 4.74 Å². The van der Waals surface area contributed by atoms with E-state index in [0.29, 0.717) is 12.2 Å². The van der Waals surface area contributed by atoms with Crippen LogP contribution in [0.15, 0.2) is 54.6 Å². The topological polar surface area (TPSA) is 26.3 Å². The first-order valence-electron chi connectivity index (χ1n) is 6.60. The number of hydrogen-bond donors (Lipinski definition) is 0. The minimum Gasteiger partial charge on any atom is -0.493 e. The molecule has 1 atom stereocenters. The Morgan fingerprint density at radius 1 is 1.10 bits per heavy atom. The number of rotatable bonds is 6. The highest BCUT2D eigenvalue weighted by molar-refractivity contribution is 9.09. The van der Waals surface area contributed by atoms with Gasteiger partial charge in [0.25, 0.3) is 0 Å². The van der Waals surface area contributed by atoms with Crippen LogP contribution in [0.1, 0.15) is 28.8 Å². The van der Waals surface area contributed by atoms with Crippen LogP contribution in [0.4, 0.5) is 0 Å². The second-order valence-corrected chi connectivity index (χ2v) is 5.35. The van der Waals surface area contributed by atoms with Crippen LogP contribution in [-0.4, -0.2) is 17.7 Å². The Morgan fingerprint density at radius 2 is 1.75 bits per heavy atom. The molecule has 0 N–H and O–H groups in total. The third-order valence-corrected chi connectivity index (χ3v) is 3.50. The zero-order valence-electron chi connectivity index (χ0n) is 11.4. The maximum atomic E-state index is 12.4. The molecule has 0 saturated heterocycles. The molecule has 3 heteroatoms. The zero-order chi connectivity index (χ0) is 14.4. The first-order chi connectivity index (χ1) is 9.72. The number of benzene rings is 2. The van der Waals surface area contributed by atoms with Crippen LogP contribution in [-0.2, 0) is 0 Å². The molecule has 2 aromatic carbocycles. The highest BCUT2D eigenvalue weighted by atomic mass is 79.9. The van der Waals surface area contributed by atoms with Crippen molar-refractivity contribution in [2.24, 2.45) is 0 Å². The highest BCUT2D eigenvalue weighted by Gasteiger charge is 2.16. The summed E-state index contributed by atoms with van der Waals surface area (Å²) in [4.78, 5) is 12.4. The van der Waals surface area contributed by atoms with Gasteiger partial charge in [0, 0.05) is 16.8 Å². The number of ether oxygens (including phenoxy) is 1. The smallest absolute Gasteiger partial charge is 0.170 e. The Kier molecular flexibility index (Phi) is 5.36. The summed E-state index contributed by atoms with van der Waals surface area (Å²) < 4.78 is 5.48. The maximum Gasteiger partial charge on any atom is 0.170 e. The van der Waals surface area contributed by atoms with E-state index in [1.165, 1.54) is 0 Å². The second kappa shape index (κ2) is 7.25. The van der Waals surface area contributed by atoms with Crippen molar-refractivity contribution >= 4 is 21.7 Å². The Labute approximate surface area is 127 Å². The van der Waals surface area contributed by atoms with Crippen LogP contribution in [0.3, 0.4) is 0 Å². The number of carbonyl (C=O) groups excluding carboxylic acids is 1. The van der Waals surface area contributed by atoms with Gasteiger partial charge in [-0.15, -0.1) is 0 Å². The standard InChI is InChI=1S/C17H17BrO2/c1-13(14-5-3-2-4-6-14)17(19)15-7-9-16(10-8-15)20-12-11-18/h2-10,13H,11-12H2,1H3. The maximum absolute atomic E-state index is 12.4. The van der Waals surface area contributed by atoms with Crippen molar-refractivity contribution in [2.75, 3.05) is 11.9 Å². The molecule has 0 aromatic heterocycles. The van der Waals surface area contributed by atoms with Crippen molar-refractivity contribution in [1.82, 2.24) is 0 Å². The molecule has 104 valence electrons. The van der Waals surface area contributed by atoms with Crippen LogP contribution in [0.5, 0.6) is 5.75 Å². The van der Waals surface area contributed by atoms with E-state index in [1.807, 2.05) is 61.5 Å². The third-order valence-electron chi connectivity index (χ3n) is 3.18. The Balaban J connectivity index is 2.09. The SMILES string of the molecule is CC(C(=O)c1ccc(OCCBr)cc1)c1ccccc1. The van der Waals surface area contributed by atoms with Gasteiger partial charge >= 0.3 is 0 Å². The molecule has 0 radical (unpaired) electrons. The molecule has 0 heterocycles. The molecule has 0 fully saturated rings. The molecule has 0 spiro atoms. The van der Waals surface area contributed by atoms with Crippen molar-refractivity contribution in [2.45, 2.75) is 12.8 Å². The van der Waals surface area contributed by atoms with E-state index in [1.54, 1.807) is 0 Å². The largest absolute Gasteiger partial charge is 0.493 e. The Hall–Kier alpha value is -1.61. The normalized spacial score (nSPS) is 11.9. The minimum atomic E-state index is -0.134. The van der Waals surface area contributed by atoms with E-state index in [0.717, 1.165) is 16.6 Å². The lowest BCUT2D eigenvalue weighted by molar-refractivity contribution is 0.0966. The third kappa shape index (κ3) is 3.70. The summed E-state index contributed by atoms with van der Waals surface area (Å²) in [5, 5.41) is 0.790. The van der Waals surface area contributed by atoms with E-state index in [9.17, 15) is 4.79 Å². The van der Waals surface area contributed by atoms with Gasteiger partial charge in [-0.2, -0.15) is 0 Å². The highest BCUT2D eigenvalue weighted by Crippen LogP contribution is 2.21. The molecule has 0 aliphatic carbocycles. The zero-order valence-corrected chi connectivity index (χ0v) is 13.0. The van der Waals surface area contributed by atoms with Crippen LogP contribution in [0.25, 0.3) is 0 Å². The second-order valence-electron chi connectivity index (χ2n) is 4.56. The quantitative estimate of drug-likeness (QED) is 0.577. The predicted octanol–water partition coefficient (Wildman–Crippen LogP) is 4.45. The summed E-state index contributed by atoms with van der Waals surface area (Å²) in [5.41, 5.74) is 1.75. The van der Waals surface area contributed by atoms with Gasteiger partial charge in [-0.1, -0.05) is 53.2 Å². The van der Waals surface area contributed by atoms with Crippen LogP contribution < -0.4 is 4.74 Å². The number of halogens is 1. The average Bonchev–Trinajstić information content (AvgIpc) is 2.53. The van der Waals surface area contributed by atoms with E-state index < -0.39 is 0 Å². The number of hydrogen-bond acceptors (Lipinski definition) is 2. The number of ketones is 1. The van der Waals surface area contributed by atoms with Crippen molar-refractivity contribution in [3.8, 4) is 5.75 Å². The predicted molar refractivity (Wildman–Crippen MR) is 84.9 cm³/mol. The van der Waals surface area contributed by atoms with Crippen molar-refractivity contribution in [3.63, 3.8) is 0 Å². The van der Waals surface area contributed by atoms with Crippen molar-refractivity contribution < 1.29 is 9.53 Å². The number of carbonyl (C=O) groups is 1. The Bertz CT molecular complexity index is 549. The molecule has 1 unspecified atom stereocenters. The summed E-state index contributed by atoms with van der Waals surface area (Å²) in [6.45, 7) is 2.56. The van der Waals surface area contributed by atoms with Crippen LogP contribution in [0.2, 0.25) is 0 Å². The van der Waals surface area contributed by atoms with E-state index >= 15 is 0 Å². The lowest BCUT2D eigenvalue weighted by Gasteiger charge is -2.11. The first kappa shape index (κ1) is 14.8. The van der Waals surface area contributed by atoms with Crippen LogP contribution in [0, 0.1) is 0 Å². The number of alkyl halides is 1. The minimum absolute atomic E-state index is 0.128. The Morgan fingerprint density at radius 3 is 2.35 bits per heavy atom. The molecule has 2 aromatic rings. The molecule has 0 aliphatic rings. The van der Waals surface area contributed by atoms with E-state index in [-0.39, 0.29) is 11.7 Å². The molecular formula is C17H17BrO2. The fraction of sp³-hybridized carbons (Fsp3) is 0.235. The van der Waals surface area contributed by atoms with Gasteiger partial charge in [-0.25, -0.2) is 0 Å². The molecule has 20 heavy (non-hydrogen) atoms. The van der Waals surface area contributed by atoms with Gasteiger partial charge in [0.2, 0.25) is 0 Å². The fourth-order valence-electron chi connectivity index (χ4n) is 2.01. The van der Waals surface area contributed by atoms with Crippen molar-refractivity contribution in [3.05, 3.63) is 65.7 Å². The van der Waals surface area contributed by atoms with Gasteiger partial charge in [-0.3, -0.25) is 4.79 Å². The monoisotopic (exact) mass is 332 g/mol. The molecule has 0 amide bonds. The lowest BCUT2D eigenvalue weighted by atomic mass is 9.92.